The zero-order chi connectivity index (χ0) is 17.0. The fourth-order valence-electron chi connectivity index (χ4n) is 6.15. The van der Waals surface area contributed by atoms with Gasteiger partial charge in [0.25, 0.3) is 0 Å². The lowest BCUT2D eigenvalue weighted by Gasteiger charge is -2.63. The zero-order valence-corrected chi connectivity index (χ0v) is 15.1. The molecule has 3 aliphatic rings. The Labute approximate surface area is 139 Å². The molecule has 0 aromatic rings. The highest BCUT2D eigenvalue weighted by molar-refractivity contribution is 5.79. The molecule has 130 valence electrons. The Morgan fingerprint density at radius 2 is 1.83 bits per heavy atom. The molecule has 5 atom stereocenters. The van der Waals surface area contributed by atoms with Crippen LogP contribution in [-0.2, 0) is 19.1 Å². The molecule has 0 N–H and O–H groups in total. The van der Waals surface area contributed by atoms with Crippen molar-refractivity contribution in [2.24, 2.45) is 22.7 Å². The van der Waals surface area contributed by atoms with Crippen LogP contribution in [0.4, 0.5) is 0 Å². The monoisotopic (exact) mass is 322 g/mol. The molecule has 0 spiro atoms. The second kappa shape index (κ2) is 5.22. The maximum atomic E-state index is 12.3. The summed E-state index contributed by atoms with van der Waals surface area (Å²) in [5.41, 5.74) is 0.0625. The maximum absolute atomic E-state index is 12.3. The number of carbonyl (C=O) groups excluding carboxylic acids is 2. The molecular formula is C19H30O4. The van der Waals surface area contributed by atoms with E-state index in [-0.39, 0.29) is 17.3 Å². The molecule has 0 aromatic heterocycles. The summed E-state index contributed by atoms with van der Waals surface area (Å²) in [4.78, 5) is 23.6. The maximum Gasteiger partial charge on any atom is 0.348 e. The van der Waals surface area contributed by atoms with Crippen molar-refractivity contribution < 1.29 is 19.1 Å². The van der Waals surface area contributed by atoms with Crippen molar-refractivity contribution in [1.29, 1.82) is 0 Å². The molecular weight excluding hydrogens is 292 g/mol. The topological polar surface area (TPSA) is 52.6 Å². The molecule has 1 aliphatic heterocycles. The van der Waals surface area contributed by atoms with Crippen molar-refractivity contribution >= 4 is 11.9 Å². The summed E-state index contributed by atoms with van der Waals surface area (Å²) in [5, 5.41) is 0. The quantitative estimate of drug-likeness (QED) is 0.688. The molecule has 1 heterocycles. The van der Waals surface area contributed by atoms with Crippen LogP contribution in [0.2, 0.25) is 0 Å². The van der Waals surface area contributed by atoms with Gasteiger partial charge in [0.05, 0.1) is 0 Å². The smallest absolute Gasteiger partial charge is 0.348 e. The number of hydrogen-bond donors (Lipinski definition) is 0. The van der Waals surface area contributed by atoms with E-state index in [0.717, 1.165) is 12.8 Å². The Morgan fingerprint density at radius 1 is 1.13 bits per heavy atom. The second-order valence-corrected chi connectivity index (χ2v) is 9.06. The van der Waals surface area contributed by atoms with Crippen LogP contribution in [0.15, 0.2) is 0 Å². The van der Waals surface area contributed by atoms with Gasteiger partial charge in [0.1, 0.15) is 5.60 Å². The largest absolute Gasteiger partial charge is 0.456 e. The van der Waals surface area contributed by atoms with Crippen LogP contribution in [-0.4, -0.2) is 23.6 Å². The predicted octanol–water partition coefficient (Wildman–Crippen LogP) is 3.87. The minimum atomic E-state index is -0.730. The molecule has 23 heavy (non-hydrogen) atoms. The van der Waals surface area contributed by atoms with Gasteiger partial charge in [-0.25, -0.2) is 4.79 Å². The first-order valence-electron chi connectivity index (χ1n) is 8.99. The molecule has 0 unspecified atom stereocenters. The van der Waals surface area contributed by atoms with Gasteiger partial charge in [-0.05, 0) is 49.4 Å². The average molecular weight is 322 g/mol. The van der Waals surface area contributed by atoms with Gasteiger partial charge in [0.15, 0.2) is 6.10 Å². The first-order valence-corrected chi connectivity index (χ1v) is 8.99. The second-order valence-electron chi connectivity index (χ2n) is 9.06. The van der Waals surface area contributed by atoms with Gasteiger partial charge in [-0.1, -0.05) is 27.2 Å². The van der Waals surface area contributed by atoms with E-state index in [4.69, 9.17) is 9.47 Å². The van der Waals surface area contributed by atoms with E-state index in [1.807, 2.05) is 0 Å². The Balaban J connectivity index is 1.94. The number of ether oxygens (including phenoxy) is 2. The van der Waals surface area contributed by atoms with Crippen LogP contribution in [0.25, 0.3) is 0 Å². The van der Waals surface area contributed by atoms with Gasteiger partial charge in [0.2, 0.25) is 0 Å². The van der Waals surface area contributed by atoms with Crippen LogP contribution >= 0.6 is 0 Å². The van der Waals surface area contributed by atoms with Gasteiger partial charge >= 0.3 is 11.9 Å². The Morgan fingerprint density at radius 3 is 2.48 bits per heavy atom. The highest BCUT2D eigenvalue weighted by Gasteiger charge is 2.62. The molecule has 0 radical (unpaired) electrons. The van der Waals surface area contributed by atoms with E-state index in [2.05, 4.69) is 27.7 Å². The lowest BCUT2D eigenvalue weighted by molar-refractivity contribution is -0.233. The SMILES string of the molecule is CC(=O)O[C@@H]1C[C@@H]2[C@@]3(C)CCCC(C)(C)[C@@H]3CC[C@@]2(C)OC1=O. The Hall–Kier alpha value is -1.06. The number of carbonyl (C=O) groups is 2. The number of hydrogen-bond acceptors (Lipinski definition) is 4. The van der Waals surface area contributed by atoms with E-state index < -0.39 is 17.7 Å². The van der Waals surface area contributed by atoms with Crippen LogP contribution in [0.5, 0.6) is 0 Å². The number of esters is 2. The molecule has 2 saturated carbocycles. The first kappa shape index (κ1) is 16.8. The van der Waals surface area contributed by atoms with Gasteiger partial charge < -0.3 is 9.47 Å². The van der Waals surface area contributed by atoms with Crippen molar-refractivity contribution in [1.82, 2.24) is 0 Å². The predicted molar refractivity (Wildman–Crippen MR) is 86.6 cm³/mol. The third kappa shape index (κ3) is 2.58. The zero-order valence-electron chi connectivity index (χ0n) is 15.1. The van der Waals surface area contributed by atoms with Crippen LogP contribution in [0, 0.1) is 22.7 Å². The molecule has 1 saturated heterocycles. The van der Waals surface area contributed by atoms with Gasteiger partial charge in [-0.15, -0.1) is 0 Å². The summed E-state index contributed by atoms with van der Waals surface area (Å²) in [6.07, 6.45) is 5.57. The van der Waals surface area contributed by atoms with E-state index in [1.165, 1.54) is 26.2 Å². The number of fused-ring (bicyclic) bond motifs is 3. The molecule has 3 fully saturated rings. The van der Waals surface area contributed by atoms with E-state index in [0.29, 0.717) is 17.8 Å². The highest BCUT2D eigenvalue weighted by Crippen LogP contribution is 2.64. The van der Waals surface area contributed by atoms with E-state index in [1.54, 1.807) is 0 Å². The summed E-state index contributed by atoms with van der Waals surface area (Å²) < 4.78 is 11.1. The molecule has 4 nitrogen and oxygen atoms in total. The van der Waals surface area contributed by atoms with Crippen molar-refractivity contribution in [2.75, 3.05) is 0 Å². The van der Waals surface area contributed by atoms with Crippen molar-refractivity contribution in [2.45, 2.75) is 84.8 Å². The van der Waals surface area contributed by atoms with E-state index in [9.17, 15) is 9.59 Å². The van der Waals surface area contributed by atoms with Crippen molar-refractivity contribution in [3.8, 4) is 0 Å². The van der Waals surface area contributed by atoms with Crippen molar-refractivity contribution in [3.05, 3.63) is 0 Å². The highest BCUT2D eigenvalue weighted by atomic mass is 16.6. The molecule has 4 heteroatoms. The van der Waals surface area contributed by atoms with Gasteiger partial charge in [0, 0.05) is 19.3 Å². The van der Waals surface area contributed by atoms with Crippen LogP contribution in [0.3, 0.4) is 0 Å². The average Bonchev–Trinajstić information content (AvgIpc) is 2.39. The third-order valence-corrected chi connectivity index (χ3v) is 7.09. The van der Waals surface area contributed by atoms with Gasteiger partial charge in [-0.3, -0.25) is 4.79 Å². The summed E-state index contributed by atoms with van der Waals surface area (Å²) >= 11 is 0. The lowest BCUT2D eigenvalue weighted by atomic mass is 9.44. The summed E-state index contributed by atoms with van der Waals surface area (Å²) in [6, 6.07) is 0. The summed E-state index contributed by atoms with van der Waals surface area (Å²) in [5.74, 6) is 0.125. The van der Waals surface area contributed by atoms with Crippen molar-refractivity contribution in [3.63, 3.8) is 0 Å². The molecule has 0 aromatic carbocycles. The molecule has 0 bridgehead atoms. The first-order chi connectivity index (χ1) is 10.6. The van der Waals surface area contributed by atoms with Crippen LogP contribution < -0.4 is 0 Å². The Kier molecular flexibility index (Phi) is 3.81. The fraction of sp³-hybridized carbons (Fsp3) is 0.895. The lowest BCUT2D eigenvalue weighted by Crippen LogP contribution is -2.63. The Bertz CT molecular complexity index is 525. The molecule has 3 rings (SSSR count). The van der Waals surface area contributed by atoms with Crippen LogP contribution in [0.1, 0.15) is 73.1 Å². The fourth-order valence-corrected chi connectivity index (χ4v) is 6.15. The normalized spacial score (nSPS) is 45.4. The minimum Gasteiger partial charge on any atom is -0.456 e. The summed E-state index contributed by atoms with van der Waals surface area (Å²) in [6.45, 7) is 10.6. The number of rotatable bonds is 1. The minimum absolute atomic E-state index is 0.147. The van der Waals surface area contributed by atoms with E-state index >= 15 is 0 Å². The van der Waals surface area contributed by atoms with Gasteiger partial charge in [-0.2, -0.15) is 0 Å². The molecule has 0 amide bonds. The summed E-state index contributed by atoms with van der Waals surface area (Å²) in [7, 11) is 0. The molecule has 2 aliphatic carbocycles. The third-order valence-electron chi connectivity index (χ3n) is 7.09. The standard InChI is InChI=1S/C19H30O4/c1-12(20)22-13-11-15-18(4)9-6-8-17(2,3)14(18)7-10-19(15,5)23-16(13)21/h13-15H,6-11H2,1-5H3/t13-,14+,15-,18+,19-/m1/s1.